The van der Waals surface area contributed by atoms with Gasteiger partial charge in [-0.25, -0.2) is 0 Å². The molecule has 3 N–H and O–H groups in total. The van der Waals surface area contributed by atoms with Crippen LogP contribution in [-0.2, 0) is 0 Å². The summed E-state index contributed by atoms with van der Waals surface area (Å²) >= 11 is 0. The third kappa shape index (κ3) is 3.93. The molecule has 1 aromatic heterocycles. The Morgan fingerprint density at radius 1 is 0.964 bits per heavy atom. The summed E-state index contributed by atoms with van der Waals surface area (Å²) in [4.78, 5) is 36.2. The van der Waals surface area contributed by atoms with Crippen molar-refractivity contribution in [2.45, 2.75) is 13.8 Å². The van der Waals surface area contributed by atoms with E-state index in [0.717, 1.165) is 0 Å². The number of benzene rings is 2. The number of hydrogen-bond donors (Lipinski definition) is 2. The van der Waals surface area contributed by atoms with Gasteiger partial charge in [-0.15, -0.1) is 0 Å². The van der Waals surface area contributed by atoms with Crippen molar-refractivity contribution in [1.29, 1.82) is 0 Å². The zero-order valence-corrected chi connectivity index (χ0v) is 15.3. The van der Waals surface area contributed by atoms with Crippen molar-refractivity contribution in [2.24, 2.45) is 5.73 Å². The van der Waals surface area contributed by atoms with E-state index >= 15 is 0 Å². The van der Waals surface area contributed by atoms with Crippen LogP contribution in [0.2, 0.25) is 0 Å². The Morgan fingerprint density at radius 2 is 1.64 bits per heavy atom. The molecule has 0 unspecified atom stereocenters. The van der Waals surface area contributed by atoms with Gasteiger partial charge in [0.1, 0.15) is 22.8 Å². The summed E-state index contributed by atoms with van der Waals surface area (Å²) in [6, 6.07) is 15.6. The van der Waals surface area contributed by atoms with Crippen molar-refractivity contribution < 1.29 is 23.5 Å². The number of furan rings is 1. The molecule has 0 aliphatic heterocycles. The molecular formula is C21H18N2O5. The van der Waals surface area contributed by atoms with Crippen LogP contribution < -0.4 is 15.8 Å². The number of primary amides is 1. The largest absolute Gasteiger partial charge is 0.457 e. The van der Waals surface area contributed by atoms with Gasteiger partial charge in [0.15, 0.2) is 5.78 Å². The smallest absolute Gasteiger partial charge is 0.258 e. The van der Waals surface area contributed by atoms with E-state index in [0.29, 0.717) is 11.5 Å². The van der Waals surface area contributed by atoms with Gasteiger partial charge >= 0.3 is 0 Å². The van der Waals surface area contributed by atoms with Crippen molar-refractivity contribution in [3.05, 3.63) is 77.0 Å². The Kier molecular flexibility index (Phi) is 5.26. The number of Topliss-reactive ketones (excluding diaryl/α,β-unsaturated/α-hetero) is 1. The molecule has 2 aromatic carbocycles. The summed E-state index contributed by atoms with van der Waals surface area (Å²) in [5, 5.41) is 2.50. The number of rotatable bonds is 6. The molecule has 1 heterocycles. The summed E-state index contributed by atoms with van der Waals surface area (Å²) in [6.45, 7) is 2.81. The monoisotopic (exact) mass is 378 g/mol. The van der Waals surface area contributed by atoms with Crippen LogP contribution in [0.1, 0.15) is 43.8 Å². The van der Waals surface area contributed by atoms with Gasteiger partial charge in [-0.1, -0.05) is 24.3 Å². The lowest BCUT2D eigenvalue weighted by molar-refractivity contribution is 0.0974. The van der Waals surface area contributed by atoms with E-state index in [-0.39, 0.29) is 34.1 Å². The van der Waals surface area contributed by atoms with Crippen LogP contribution in [0.15, 0.2) is 59.0 Å². The molecule has 0 spiro atoms. The number of anilines is 1. The summed E-state index contributed by atoms with van der Waals surface area (Å²) in [6.07, 6.45) is 0. The van der Waals surface area contributed by atoms with Gasteiger partial charge in [0, 0.05) is 5.56 Å². The van der Waals surface area contributed by atoms with E-state index in [9.17, 15) is 14.4 Å². The maximum absolute atomic E-state index is 12.6. The number of aryl methyl sites for hydroxylation is 1. The number of hydrogen-bond acceptors (Lipinski definition) is 5. The minimum Gasteiger partial charge on any atom is -0.457 e. The molecule has 142 valence electrons. The van der Waals surface area contributed by atoms with Crippen molar-refractivity contribution in [3.8, 4) is 11.5 Å². The van der Waals surface area contributed by atoms with Crippen LogP contribution in [0.3, 0.4) is 0 Å². The van der Waals surface area contributed by atoms with Gasteiger partial charge in [-0.2, -0.15) is 0 Å². The average molecular weight is 378 g/mol. The highest BCUT2D eigenvalue weighted by Crippen LogP contribution is 2.28. The highest BCUT2D eigenvalue weighted by Gasteiger charge is 2.26. The Morgan fingerprint density at radius 3 is 2.29 bits per heavy atom. The third-order valence-corrected chi connectivity index (χ3v) is 3.98. The van der Waals surface area contributed by atoms with Gasteiger partial charge in [0.2, 0.25) is 5.88 Å². The molecule has 0 aliphatic rings. The first-order valence-corrected chi connectivity index (χ1v) is 8.45. The molecule has 7 heteroatoms. The summed E-state index contributed by atoms with van der Waals surface area (Å²) in [5.74, 6) is -0.637. The second kappa shape index (κ2) is 7.79. The van der Waals surface area contributed by atoms with Crippen LogP contribution in [0.25, 0.3) is 0 Å². The zero-order chi connectivity index (χ0) is 20.3. The number of carbonyl (C=O) groups is 3. The van der Waals surface area contributed by atoms with Gasteiger partial charge in [0.25, 0.3) is 11.8 Å². The van der Waals surface area contributed by atoms with Crippen LogP contribution in [0.5, 0.6) is 11.5 Å². The lowest BCUT2D eigenvalue weighted by Crippen LogP contribution is -2.19. The van der Waals surface area contributed by atoms with Crippen molar-refractivity contribution in [1.82, 2.24) is 0 Å². The van der Waals surface area contributed by atoms with E-state index < -0.39 is 11.8 Å². The number of nitrogens with one attached hydrogen (secondary N) is 1. The molecule has 0 aliphatic carbocycles. The van der Waals surface area contributed by atoms with Gasteiger partial charge < -0.3 is 14.9 Å². The molecule has 3 rings (SSSR count). The predicted molar refractivity (Wildman–Crippen MR) is 103 cm³/mol. The Bertz CT molecular complexity index is 1050. The molecule has 0 radical (unpaired) electrons. The molecule has 0 fully saturated rings. The molecule has 0 saturated heterocycles. The van der Waals surface area contributed by atoms with Crippen LogP contribution >= 0.6 is 0 Å². The zero-order valence-electron chi connectivity index (χ0n) is 15.3. The second-order valence-electron chi connectivity index (χ2n) is 6.05. The number of para-hydroxylation sites is 1. The van der Waals surface area contributed by atoms with Crippen molar-refractivity contribution >= 4 is 23.5 Å². The molecule has 28 heavy (non-hydrogen) atoms. The summed E-state index contributed by atoms with van der Waals surface area (Å²) < 4.78 is 11.1. The predicted octanol–water partition coefficient (Wildman–Crippen LogP) is 3.93. The Hall–Kier alpha value is -3.87. The first kappa shape index (κ1) is 18.9. The SMILES string of the molecule is CC(=O)c1c(C)oc(NC(=O)c2cccc(Oc3ccccc3)c2)c1C(N)=O. The number of carbonyl (C=O) groups excluding carboxylic acids is 3. The van der Waals surface area contributed by atoms with Gasteiger partial charge in [-0.3, -0.25) is 19.7 Å². The Labute approximate surface area is 161 Å². The third-order valence-electron chi connectivity index (χ3n) is 3.98. The highest BCUT2D eigenvalue weighted by atomic mass is 16.5. The number of nitrogens with two attached hydrogens (primary N) is 1. The molecule has 7 nitrogen and oxygen atoms in total. The first-order chi connectivity index (χ1) is 13.4. The average Bonchev–Trinajstić information content (AvgIpc) is 2.99. The molecule has 0 saturated carbocycles. The number of amides is 2. The quantitative estimate of drug-likeness (QED) is 0.631. The molecule has 3 aromatic rings. The standard InChI is InChI=1S/C21H18N2O5/c1-12(24)17-13(2)27-21(18(17)19(22)25)23-20(26)14-7-6-10-16(11-14)28-15-8-4-3-5-9-15/h3-11H,1-2H3,(H2,22,25)(H,23,26). The molecule has 2 amide bonds. The minimum atomic E-state index is -0.862. The van der Waals surface area contributed by atoms with Gasteiger partial charge in [0.05, 0.1) is 5.56 Å². The number of ether oxygens (including phenoxy) is 1. The fourth-order valence-corrected chi connectivity index (χ4v) is 2.79. The maximum atomic E-state index is 12.6. The van der Waals surface area contributed by atoms with Gasteiger partial charge in [-0.05, 0) is 44.2 Å². The lowest BCUT2D eigenvalue weighted by atomic mass is 10.1. The van der Waals surface area contributed by atoms with Crippen LogP contribution in [0.4, 0.5) is 5.88 Å². The fraction of sp³-hybridized carbons (Fsp3) is 0.0952. The second-order valence-corrected chi connectivity index (χ2v) is 6.05. The van der Waals surface area contributed by atoms with Crippen LogP contribution in [-0.4, -0.2) is 17.6 Å². The van der Waals surface area contributed by atoms with Crippen molar-refractivity contribution in [3.63, 3.8) is 0 Å². The summed E-state index contributed by atoms with van der Waals surface area (Å²) in [7, 11) is 0. The lowest BCUT2D eigenvalue weighted by Gasteiger charge is -2.08. The number of ketones is 1. The van der Waals surface area contributed by atoms with E-state index in [2.05, 4.69) is 5.32 Å². The molecule has 0 atom stereocenters. The topological polar surface area (TPSA) is 112 Å². The molecule has 0 bridgehead atoms. The van der Waals surface area contributed by atoms with E-state index in [1.807, 2.05) is 18.2 Å². The molecular weight excluding hydrogens is 360 g/mol. The fourth-order valence-electron chi connectivity index (χ4n) is 2.79. The minimum absolute atomic E-state index is 0.0592. The van der Waals surface area contributed by atoms with E-state index in [1.54, 1.807) is 36.4 Å². The van der Waals surface area contributed by atoms with E-state index in [4.69, 9.17) is 14.9 Å². The maximum Gasteiger partial charge on any atom is 0.258 e. The first-order valence-electron chi connectivity index (χ1n) is 8.45. The Balaban J connectivity index is 1.86. The summed E-state index contributed by atoms with van der Waals surface area (Å²) in [5.41, 5.74) is 5.56. The normalized spacial score (nSPS) is 10.4. The highest BCUT2D eigenvalue weighted by molar-refractivity contribution is 6.13. The van der Waals surface area contributed by atoms with E-state index in [1.165, 1.54) is 13.8 Å². The van der Waals surface area contributed by atoms with Crippen LogP contribution in [0, 0.1) is 6.92 Å². The van der Waals surface area contributed by atoms with Crippen molar-refractivity contribution in [2.75, 3.05) is 5.32 Å².